The van der Waals surface area contributed by atoms with Crippen molar-refractivity contribution < 1.29 is 18.3 Å². The molecule has 1 heterocycles. The molecule has 28 heavy (non-hydrogen) atoms. The number of halogens is 3. The average molecular weight is 448 g/mol. The number of methoxy groups -OCH3 is 1. The van der Waals surface area contributed by atoms with Crippen LogP contribution >= 0.6 is 15.9 Å². The zero-order valence-electron chi connectivity index (χ0n) is 15.5. The molecule has 1 amide bonds. The molecule has 3 nitrogen and oxygen atoms in total. The number of carbonyl (C=O) groups excluding carboxylic acids is 1. The smallest absolute Gasteiger partial charge is 0.254 e. The summed E-state index contributed by atoms with van der Waals surface area (Å²) in [7, 11) is 1.62. The summed E-state index contributed by atoms with van der Waals surface area (Å²) in [6.07, 6.45) is 1.98. The van der Waals surface area contributed by atoms with Gasteiger partial charge < -0.3 is 9.64 Å². The minimum Gasteiger partial charge on any atom is -0.497 e. The molecule has 0 radical (unpaired) electrons. The van der Waals surface area contributed by atoms with Crippen LogP contribution < -0.4 is 4.74 Å². The Hall–Kier alpha value is -1.95. The maximum Gasteiger partial charge on any atom is 0.254 e. The van der Waals surface area contributed by atoms with E-state index in [1.807, 2.05) is 24.3 Å². The van der Waals surface area contributed by atoms with Gasteiger partial charge in [0.15, 0.2) is 4.58 Å². The molecule has 2 unspecified atom stereocenters. The molecule has 0 aromatic heterocycles. The molecular formula is C22H20BrF2NO2. The zero-order valence-corrected chi connectivity index (χ0v) is 17.1. The molecule has 2 aromatic rings. The lowest BCUT2D eigenvalue weighted by atomic mass is 9.83. The van der Waals surface area contributed by atoms with Crippen molar-refractivity contribution in [1.29, 1.82) is 0 Å². The Bertz CT molecular complexity index is 969. The number of fused-ring (bicyclic) bond motifs is 2. The van der Waals surface area contributed by atoms with E-state index in [9.17, 15) is 9.18 Å². The molecule has 1 aliphatic heterocycles. The van der Waals surface area contributed by atoms with Crippen molar-refractivity contribution in [1.82, 2.24) is 4.90 Å². The highest BCUT2D eigenvalue weighted by molar-refractivity contribution is 9.10. The Balaban J connectivity index is 1.48. The second-order valence-corrected chi connectivity index (χ2v) is 9.52. The highest BCUT2D eigenvalue weighted by Crippen LogP contribution is 2.61. The maximum absolute atomic E-state index is 15.4. The van der Waals surface area contributed by atoms with Crippen molar-refractivity contribution in [3.8, 4) is 5.75 Å². The minimum atomic E-state index is -1.52. The normalized spacial score (nSPS) is 26.9. The monoisotopic (exact) mass is 447 g/mol. The number of alkyl halides is 2. The van der Waals surface area contributed by atoms with Crippen LogP contribution in [-0.4, -0.2) is 29.0 Å². The fourth-order valence-corrected chi connectivity index (χ4v) is 5.00. The van der Waals surface area contributed by atoms with Crippen LogP contribution in [0.1, 0.15) is 52.2 Å². The van der Waals surface area contributed by atoms with E-state index in [4.69, 9.17) is 4.74 Å². The molecule has 2 aliphatic carbocycles. The Labute approximate surface area is 170 Å². The van der Waals surface area contributed by atoms with Crippen LogP contribution in [0.25, 0.3) is 0 Å². The van der Waals surface area contributed by atoms with Crippen molar-refractivity contribution in [3.05, 3.63) is 64.5 Å². The van der Waals surface area contributed by atoms with Gasteiger partial charge in [-0.3, -0.25) is 4.79 Å². The van der Waals surface area contributed by atoms with Gasteiger partial charge in [-0.2, -0.15) is 0 Å². The van der Waals surface area contributed by atoms with Crippen LogP contribution in [-0.2, 0) is 12.0 Å². The highest BCUT2D eigenvalue weighted by atomic mass is 79.9. The number of hydrogen-bond acceptors (Lipinski definition) is 2. The number of amides is 1. The van der Waals surface area contributed by atoms with E-state index in [-0.39, 0.29) is 23.6 Å². The zero-order chi connectivity index (χ0) is 19.7. The average Bonchev–Trinajstić information content (AvgIpc) is 3.57. The van der Waals surface area contributed by atoms with E-state index in [1.54, 1.807) is 24.1 Å². The predicted octanol–water partition coefficient (Wildman–Crippen LogP) is 5.07. The topological polar surface area (TPSA) is 29.5 Å². The number of carbonyl (C=O) groups is 1. The van der Waals surface area contributed by atoms with Gasteiger partial charge in [0.05, 0.1) is 7.11 Å². The fraction of sp³-hybridized carbons (Fsp3) is 0.409. The SMILES string of the molecule is COc1ccc(CN2CC3(CC3)c3c(ccc(C4CC4(F)Br)c3F)C2=O)cc1. The summed E-state index contributed by atoms with van der Waals surface area (Å²) in [5, 5.41) is 0. The first-order chi connectivity index (χ1) is 13.3. The molecule has 6 heteroatoms. The molecule has 3 aliphatic rings. The third-order valence-electron chi connectivity index (χ3n) is 6.30. The molecule has 0 saturated heterocycles. The highest BCUT2D eigenvalue weighted by Gasteiger charge is 2.58. The first kappa shape index (κ1) is 18.1. The molecule has 0 N–H and O–H groups in total. The first-order valence-corrected chi connectivity index (χ1v) is 10.3. The van der Waals surface area contributed by atoms with Crippen LogP contribution in [0.15, 0.2) is 36.4 Å². The molecule has 146 valence electrons. The molecule has 2 aromatic carbocycles. The van der Waals surface area contributed by atoms with Gasteiger partial charge in [0, 0.05) is 42.0 Å². The number of nitrogens with zero attached hydrogens (tertiary/aromatic N) is 1. The third kappa shape index (κ3) is 2.76. The first-order valence-electron chi connectivity index (χ1n) is 9.47. The lowest BCUT2D eigenvalue weighted by molar-refractivity contribution is 0.0695. The van der Waals surface area contributed by atoms with Crippen molar-refractivity contribution in [3.63, 3.8) is 0 Å². The Morgan fingerprint density at radius 3 is 2.46 bits per heavy atom. The lowest BCUT2D eigenvalue weighted by Gasteiger charge is -2.35. The quantitative estimate of drug-likeness (QED) is 0.612. The number of rotatable bonds is 4. The molecular weight excluding hydrogens is 428 g/mol. The molecule has 2 saturated carbocycles. The van der Waals surface area contributed by atoms with Gasteiger partial charge >= 0.3 is 0 Å². The van der Waals surface area contributed by atoms with Crippen LogP contribution in [0.4, 0.5) is 8.78 Å². The van der Waals surface area contributed by atoms with E-state index in [1.165, 1.54) is 0 Å². The van der Waals surface area contributed by atoms with Crippen LogP contribution in [0, 0.1) is 5.82 Å². The Morgan fingerprint density at radius 2 is 1.89 bits per heavy atom. The van der Waals surface area contributed by atoms with Gasteiger partial charge in [0.1, 0.15) is 11.6 Å². The molecule has 5 rings (SSSR count). The molecule has 2 fully saturated rings. The largest absolute Gasteiger partial charge is 0.497 e. The minimum absolute atomic E-state index is 0.157. The van der Waals surface area contributed by atoms with Crippen molar-refractivity contribution in [2.75, 3.05) is 13.7 Å². The lowest BCUT2D eigenvalue weighted by Crippen LogP contribution is -2.43. The van der Waals surface area contributed by atoms with Crippen molar-refractivity contribution in [2.45, 2.75) is 41.7 Å². The predicted molar refractivity (Wildman–Crippen MR) is 105 cm³/mol. The number of benzene rings is 2. The Kier molecular flexibility index (Phi) is 3.89. The summed E-state index contributed by atoms with van der Waals surface area (Å²) in [6, 6.07) is 10.9. The summed E-state index contributed by atoms with van der Waals surface area (Å²) < 4.78 is 33.1. The summed E-state index contributed by atoms with van der Waals surface area (Å²) in [5.74, 6) is -0.240. The second kappa shape index (κ2) is 6.02. The molecule has 0 bridgehead atoms. The Morgan fingerprint density at radius 1 is 1.21 bits per heavy atom. The van der Waals surface area contributed by atoms with Gasteiger partial charge in [-0.1, -0.05) is 18.2 Å². The van der Waals surface area contributed by atoms with E-state index in [0.29, 0.717) is 29.8 Å². The second-order valence-electron chi connectivity index (χ2n) is 8.20. The summed E-state index contributed by atoms with van der Waals surface area (Å²) in [5.41, 5.74) is 2.01. The van der Waals surface area contributed by atoms with Gasteiger partial charge in [-0.05, 0) is 58.1 Å². The summed E-state index contributed by atoms with van der Waals surface area (Å²) in [6.45, 7) is 0.982. The number of ether oxygens (including phenoxy) is 1. The van der Waals surface area contributed by atoms with Gasteiger partial charge in [-0.25, -0.2) is 8.78 Å². The van der Waals surface area contributed by atoms with E-state index < -0.39 is 10.5 Å². The third-order valence-corrected chi connectivity index (χ3v) is 7.18. The summed E-state index contributed by atoms with van der Waals surface area (Å²) in [4.78, 5) is 14.9. The number of hydrogen-bond donors (Lipinski definition) is 0. The van der Waals surface area contributed by atoms with Crippen LogP contribution in [0.5, 0.6) is 5.75 Å². The van der Waals surface area contributed by atoms with Crippen molar-refractivity contribution in [2.24, 2.45) is 0 Å². The van der Waals surface area contributed by atoms with Crippen LogP contribution in [0.3, 0.4) is 0 Å². The molecule has 2 atom stereocenters. The van der Waals surface area contributed by atoms with Crippen LogP contribution in [0.2, 0.25) is 0 Å². The standard InChI is InChI=1S/C22H20BrF2NO2/c1-28-14-4-2-13(3-5-14)11-26-12-21(8-9-21)18-16(20(26)27)7-6-15(19(18)24)17-10-22(17,23)25/h2-7,17H,8-12H2,1H3. The molecule has 1 spiro atoms. The van der Waals surface area contributed by atoms with E-state index in [0.717, 1.165) is 24.2 Å². The van der Waals surface area contributed by atoms with E-state index in [2.05, 4.69) is 15.9 Å². The van der Waals surface area contributed by atoms with Gasteiger partial charge in [0.2, 0.25) is 0 Å². The summed E-state index contributed by atoms with van der Waals surface area (Å²) >= 11 is 3.01. The van der Waals surface area contributed by atoms with Gasteiger partial charge in [-0.15, -0.1) is 0 Å². The van der Waals surface area contributed by atoms with Gasteiger partial charge in [0.25, 0.3) is 5.91 Å². The fourth-order valence-electron chi connectivity index (χ4n) is 4.43. The van der Waals surface area contributed by atoms with E-state index >= 15 is 4.39 Å². The maximum atomic E-state index is 15.4. The van der Waals surface area contributed by atoms with Crippen molar-refractivity contribution >= 4 is 21.8 Å².